The van der Waals surface area contributed by atoms with Gasteiger partial charge in [-0.3, -0.25) is 0 Å². The second-order valence-corrected chi connectivity index (χ2v) is 10.6. The molecule has 0 bridgehead atoms. The summed E-state index contributed by atoms with van der Waals surface area (Å²) in [6, 6.07) is 60.9. The molecule has 0 amide bonds. The maximum absolute atomic E-state index is 2.39. The first-order chi connectivity index (χ1) is 20.8. The van der Waals surface area contributed by atoms with Gasteiger partial charge in [-0.05, 0) is 93.7 Å². The maximum atomic E-state index is 2.39. The first-order valence-corrected chi connectivity index (χ1v) is 14.4. The van der Waals surface area contributed by atoms with Gasteiger partial charge in [0.05, 0.1) is 5.69 Å². The van der Waals surface area contributed by atoms with Crippen molar-refractivity contribution >= 4 is 66.4 Å². The second kappa shape index (κ2) is 10.1. The van der Waals surface area contributed by atoms with Crippen LogP contribution in [0.4, 0.5) is 34.1 Å². The van der Waals surface area contributed by atoms with Gasteiger partial charge in [0.1, 0.15) is 0 Å². The van der Waals surface area contributed by atoms with Gasteiger partial charge in [0.25, 0.3) is 0 Å². The molecule has 8 rings (SSSR count). The van der Waals surface area contributed by atoms with E-state index in [0.29, 0.717) is 0 Å². The third-order valence-electron chi connectivity index (χ3n) is 8.10. The molecule has 0 saturated heterocycles. The van der Waals surface area contributed by atoms with Crippen LogP contribution >= 0.6 is 0 Å². The molecule has 0 fully saturated rings. The van der Waals surface area contributed by atoms with E-state index in [4.69, 9.17) is 0 Å². The number of hydrogen-bond donors (Lipinski definition) is 0. The zero-order valence-corrected chi connectivity index (χ0v) is 23.1. The van der Waals surface area contributed by atoms with E-state index < -0.39 is 0 Å². The Morgan fingerprint density at radius 3 is 1.29 bits per heavy atom. The van der Waals surface area contributed by atoms with Crippen LogP contribution < -0.4 is 9.80 Å². The van der Waals surface area contributed by atoms with Crippen molar-refractivity contribution in [1.82, 2.24) is 0 Å². The van der Waals surface area contributed by atoms with Gasteiger partial charge in [-0.1, -0.05) is 103 Å². The topological polar surface area (TPSA) is 6.48 Å². The van der Waals surface area contributed by atoms with Crippen molar-refractivity contribution in [3.8, 4) is 0 Å². The Bertz CT molecular complexity index is 2040. The molecule has 0 aliphatic carbocycles. The maximum Gasteiger partial charge on any atom is 0.0547 e. The number of rotatable bonds is 6. The summed E-state index contributed by atoms with van der Waals surface area (Å²) in [6.07, 6.45) is 0. The molecule has 8 aromatic rings. The standard InChI is InChI=1S/C40H28N2/c1-5-16-32(17-6-1)41(33-18-7-2-8-19-33)36-26-31-25-24-29-14-13-15-30-27-38(37(28-36)40(31)39(29)30)42(34-20-9-3-10-21-34)35-22-11-4-12-23-35/h1-28H. The fourth-order valence-electron chi connectivity index (χ4n) is 6.30. The highest BCUT2D eigenvalue weighted by atomic mass is 15.2. The smallest absolute Gasteiger partial charge is 0.0547 e. The van der Waals surface area contributed by atoms with Crippen LogP contribution in [0.25, 0.3) is 32.3 Å². The summed E-state index contributed by atoms with van der Waals surface area (Å²) in [5, 5.41) is 7.56. The van der Waals surface area contributed by atoms with Gasteiger partial charge in [-0.25, -0.2) is 0 Å². The molecule has 0 radical (unpaired) electrons. The van der Waals surface area contributed by atoms with Crippen molar-refractivity contribution in [2.45, 2.75) is 0 Å². The molecule has 0 heterocycles. The van der Waals surface area contributed by atoms with E-state index in [1.54, 1.807) is 0 Å². The molecule has 0 aromatic heterocycles. The molecular formula is C40H28N2. The molecule has 0 atom stereocenters. The number of para-hydroxylation sites is 4. The minimum atomic E-state index is 1.13. The summed E-state index contributed by atoms with van der Waals surface area (Å²) in [7, 11) is 0. The highest BCUT2D eigenvalue weighted by Gasteiger charge is 2.21. The van der Waals surface area contributed by atoms with Gasteiger partial charge in [0.2, 0.25) is 0 Å². The lowest BCUT2D eigenvalue weighted by molar-refractivity contribution is 1.28. The zero-order chi connectivity index (χ0) is 27.9. The molecule has 8 aromatic carbocycles. The monoisotopic (exact) mass is 536 g/mol. The Morgan fingerprint density at radius 1 is 0.286 bits per heavy atom. The van der Waals surface area contributed by atoms with Gasteiger partial charge >= 0.3 is 0 Å². The van der Waals surface area contributed by atoms with Crippen LogP contribution in [0.15, 0.2) is 170 Å². The van der Waals surface area contributed by atoms with E-state index in [1.165, 1.54) is 32.3 Å². The third-order valence-corrected chi connectivity index (χ3v) is 8.10. The van der Waals surface area contributed by atoms with Crippen LogP contribution in [0, 0.1) is 0 Å². The van der Waals surface area contributed by atoms with Crippen molar-refractivity contribution in [2.24, 2.45) is 0 Å². The number of benzene rings is 8. The summed E-state index contributed by atoms with van der Waals surface area (Å²) < 4.78 is 0. The Balaban J connectivity index is 1.49. The van der Waals surface area contributed by atoms with Crippen LogP contribution in [-0.2, 0) is 0 Å². The van der Waals surface area contributed by atoms with Crippen LogP contribution in [0.1, 0.15) is 0 Å². The first kappa shape index (κ1) is 24.2. The summed E-state index contributed by atoms with van der Waals surface area (Å²) >= 11 is 0. The average Bonchev–Trinajstić information content (AvgIpc) is 3.06. The van der Waals surface area contributed by atoms with Gasteiger partial charge in [-0.15, -0.1) is 0 Å². The molecule has 42 heavy (non-hydrogen) atoms. The van der Waals surface area contributed by atoms with Gasteiger partial charge in [0.15, 0.2) is 0 Å². The average molecular weight is 537 g/mol. The molecule has 2 heteroatoms. The molecule has 0 spiro atoms. The Hall–Kier alpha value is -5.60. The Kier molecular flexibility index (Phi) is 5.82. The van der Waals surface area contributed by atoms with E-state index in [2.05, 4.69) is 180 Å². The largest absolute Gasteiger partial charge is 0.310 e. The predicted octanol–water partition coefficient (Wildman–Crippen LogP) is 11.5. The Labute approximate surface area is 245 Å². The van der Waals surface area contributed by atoms with Crippen LogP contribution in [0.3, 0.4) is 0 Å². The molecule has 2 nitrogen and oxygen atoms in total. The molecule has 0 unspecified atom stereocenters. The van der Waals surface area contributed by atoms with Crippen LogP contribution in [0.2, 0.25) is 0 Å². The highest BCUT2D eigenvalue weighted by molar-refractivity contribution is 6.27. The fraction of sp³-hybridized carbons (Fsp3) is 0. The molecule has 0 aliphatic rings. The quantitative estimate of drug-likeness (QED) is 0.195. The molecule has 198 valence electrons. The molecule has 0 aliphatic heterocycles. The lowest BCUT2D eigenvalue weighted by Gasteiger charge is -2.30. The summed E-state index contributed by atoms with van der Waals surface area (Å²) in [5.74, 6) is 0. The summed E-state index contributed by atoms with van der Waals surface area (Å²) in [5.41, 5.74) is 6.79. The first-order valence-electron chi connectivity index (χ1n) is 14.4. The summed E-state index contributed by atoms with van der Waals surface area (Å²) in [6.45, 7) is 0. The van der Waals surface area contributed by atoms with Crippen molar-refractivity contribution in [1.29, 1.82) is 0 Å². The van der Waals surface area contributed by atoms with Crippen molar-refractivity contribution in [3.63, 3.8) is 0 Å². The van der Waals surface area contributed by atoms with E-state index >= 15 is 0 Å². The lowest BCUT2D eigenvalue weighted by Crippen LogP contribution is -2.12. The van der Waals surface area contributed by atoms with Crippen LogP contribution in [-0.4, -0.2) is 0 Å². The van der Waals surface area contributed by atoms with Crippen molar-refractivity contribution in [3.05, 3.63) is 170 Å². The molecule has 0 saturated carbocycles. The van der Waals surface area contributed by atoms with E-state index in [-0.39, 0.29) is 0 Å². The number of anilines is 6. The fourth-order valence-corrected chi connectivity index (χ4v) is 6.30. The Morgan fingerprint density at radius 2 is 0.738 bits per heavy atom. The van der Waals surface area contributed by atoms with Crippen molar-refractivity contribution in [2.75, 3.05) is 9.80 Å². The lowest BCUT2D eigenvalue weighted by atomic mass is 9.91. The number of hydrogen-bond acceptors (Lipinski definition) is 2. The normalized spacial score (nSPS) is 11.3. The SMILES string of the molecule is c1ccc(N(c2ccccc2)c2cc3ccc4cccc5cc(N(c6ccccc6)c6ccccc6)c(c2)c3c45)cc1. The van der Waals surface area contributed by atoms with Gasteiger partial charge in [0, 0.05) is 33.8 Å². The van der Waals surface area contributed by atoms with Crippen molar-refractivity contribution < 1.29 is 0 Å². The highest BCUT2D eigenvalue weighted by Crippen LogP contribution is 2.47. The summed E-state index contributed by atoms with van der Waals surface area (Å²) in [4.78, 5) is 4.75. The van der Waals surface area contributed by atoms with E-state index in [9.17, 15) is 0 Å². The minimum absolute atomic E-state index is 1.13. The van der Waals surface area contributed by atoms with E-state index in [0.717, 1.165) is 34.1 Å². The second-order valence-electron chi connectivity index (χ2n) is 10.6. The predicted molar refractivity (Wildman–Crippen MR) is 180 cm³/mol. The zero-order valence-electron chi connectivity index (χ0n) is 23.1. The third kappa shape index (κ3) is 4.05. The molecule has 0 N–H and O–H groups in total. The van der Waals surface area contributed by atoms with Gasteiger partial charge in [-0.2, -0.15) is 0 Å². The molecular weight excluding hydrogens is 508 g/mol. The van der Waals surface area contributed by atoms with Gasteiger partial charge < -0.3 is 9.80 Å². The minimum Gasteiger partial charge on any atom is -0.310 e. The number of nitrogens with zero attached hydrogens (tertiary/aromatic N) is 2. The van der Waals surface area contributed by atoms with E-state index in [1.807, 2.05) is 0 Å². The van der Waals surface area contributed by atoms with Crippen LogP contribution in [0.5, 0.6) is 0 Å².